The number of rotatable bonds is 7. The Labute approximate surface area is 161 Å². The van der Waals surface area contributed by atoms with Crippen LogP contribution in [0.25, 0.3) is 0 Å². The summed E-state index contributed by atoms with van der Waals surface area (Å²) in [6.45, 7) is 6.43. The van der Waals surface area contributed by atoms with E-state index in [1.54, 1.807) is 12.1 Å². The maximum atomic E-state index is 11.0. The van der Waals surface area contributed by atoms with Crippen LogP contribution in [-0.4, -0.2) is 25.0 Å². The molecule has 0 aromatic carbocycles. The van der Waals surface area contributed by atoms with Crippen LogP contribution in [0, 0.1) is 5.41 Å². The average Bonchev–Trinajstić information content (AvgIpc) is 3.20. The van der Waals surface area contributed by atoms with Crippen molar-refractivity contribution in [3.05, 3.63) is 23.7 Å². The van der Waals surface area contributed by atoms with Crippen LogP contribution >= 0.6 is 24.0 Å². The second-order valence-electron chi connectivity index (χ2n) is 6.24. The molecule has 1 aromatic rings. The van der Waals surface area contributed by atoms with E-state index in [-0.39, 0.29) is 29.7 Å². The van der Waals surface area contributed by atoms with Crippen molar-refractivity contribution < 1.29 is 9.21 Å². The summed E-state index contributed by atoms with van der Waals surface area (Å²) in [7, 11) is 0. The average molecular weight is 448 g/mol. The van der Waals surface area contributed by atoms with Gasteiger partial charge in [0.1, 0.15) is 12.3 Å². The highest BCUT2D eigenvalue weighted by molar-refractivity contribution is 14.0. The van der Waals surface area contributed by atoms with E-state index in [1.807, 2.05) is 6.92 Å². The normalized spacial score (nSPS) is 16.5. The molecule has 136 valence electrons. The van der Waals surface area contributed by atoms with E-state index in [9.17, 15) is 4.79 Å². The minimum Gasteiger partial charge on any atom is -0.454 e. The summed E-state index contributed by atoms with van der Waals surface area (Å²) in [5.41, 5.74) is 5.59. The lowest BCUT2D eigenvalue weighted by atomic mass is 9.83. The second-order valence-corrected chi connectivity index (χ2v) is 6.24. The SMILES string of the molecule is CCNC(=NCc1ccc(C(N)=O)o1)NCC1(CC)CCCC1.I. The van der Waals surface area contributed by atoms with Crippen molar-refractivity contribution in [2.75, 3.05) is 13.1 Å². The van der Waals surface area contributed by atoms with Crippen LogP contribution in [0.4, 0.5) is 0 Å². The number of hydrogen-bond acceptors (Lipinski definition) is 3. The number of primary amides is 1. The Morgan fingerprint density at radius 2 is 2.00 bits per heavy atom. The Bertz CT molecular complexity index is 551. The minimum atomic E-state index is -0.559. The number of aliphatic imine (C=N–C) groups is 1. The van der Waals surface area contributed by atoms with Crippen LogP contribution < -0.4 is 16.4 Å². The van der Waals surface area contributed by atoms with Crippen LogP contribution in [0.2, 0.25) is 0 Å². The Kier molecular flexibility index (Phi) is 8.58. The molecule has 0 atom stereocenters. The van der Waals surface area contributed by atoms with E-state index in [0.29, 0.717) is 17.7 Å². The first-order valence-electron chi connectivity index (χ1n) is 8.49. The molecule has 1 aliphatic carbocycles. The molecule has 0 aliphatic heterocycles. The summed E-state index contributed by atoms with van der Waals surface area (Å²) in [5, 5.41) is 6.71. The van der Waals surface area contributed by atoms with Crippen LogP contribution in [0.15, 0.2) is 21.5 Å². The molecule has 0 saturated heterocycles. The fourth-order valence-electron chi connectivity index (χ4n) is 3.15. The molecular formula is C17H29IN4O2. The third-order valence-corrected chi connectivity index (χ3v) is 4.69. The van der Waals surface area contributed by atoms with Gasteiger partial charge in [0.15, 0.2) is 11.7 Å². The number of nitrogens with two attached hydrogens (primary N) is 1. The molecule has 1 fully saturated rings. The molecule has 0 bridgehead atoms. The maximum absolute atomic E-state index is 11.0. The Hall–Kier alpha value is -1.25. The van der Waals surface area contributed by atoms with Gasteiger partial charge in [-0.2, -0.15) is 0 Å². The molecule has 1 aromatic heterocycles. The van der Waals surface area contributed by atoms with Gasteiger partial charge in [-0.15, -0.1) is 24.0 Å². The van der Waals surface area contributed by atoms with Gasteiger partial charge in [0.05, 0.1) is 0 Å². The summed E-state index contributed by atoms with van der Waals surface area (Å²) in [6, 6.07) is 3.32. The first-order chi connectivity index (χ1) is 11.1. The van der Waals surface area contributed by atoms with Crippen molar-refractivity contribution in [2.45, 2.75) is 52.5 Å². The van der Waals surface area contributed by atoms with E-state index < -0.39 is 5.91 Å². The van der Waals surface area contributed by atoms with Crippen molar-refractivity contribution in [3.8, 4) is 0 Å². The number of carbonyl (C=O) groups excluding carboxylic acids is 1. The Balaban J connectivity index is 0.00000288. The Morgan fingerprint density at radius 1 is 1.29 bits per heavy atom. The van der Waals surface area contributed by atoms with Crippen LogP contribution in [-0.2, 0) is 6.54 Å². The summed E-state index contributed by atoms with van der Waals surface area (Å²) in [4.78, 5) is 15.6. The summed E-state index contributed by atoms with van der Waals surface area (Å²) in [5.74, 6) is 1.02. The molecule has 1 amide bonds. The number of nitrogens with one attached hydrogen (secondary N) is 2. The van der Waals surface area contributed by atoms with Crippen LogP contribution in [0.5, 0.6) is 0 Å². The van der Waals surface area contributed by atoms with Crippen molar-refractivity contribution in [1.29, 1.82) is 0 Å². The lowest BCUT2D eigenvalue weighted by Crippen LogP contribution is -2.42. The standard InChI is InChI=1S/C17H28N4O2.HI/c1-3-17(9-5-6-10-17)12-21-16(19-4-2)20-11-13-7-8-14(23-13)15(18)22;/h7-8H,3-6,9-12H2,1-2H3,(H2,18,22)(H2,19,20,21);1H. The summed E-state index contributed by atoms with van der Waals surface area (Å²) in [6.07, 6.45) is 6.42. The number of furan rings is 1. The highest BCUT2D eigenvalue weighted by atomic mass is 127. The van der Waals surface area contributed by atoms with Gasteiger partial charge in [0, 0.05) is 13.1 Å². The number of hydrogen-bond donors (Lipinski definition) is 3. The van der Waals surface area contributed by atoms with Gasteiger partial charge < -0.3 is 20.8 Å². The van der Waals surface area contributed by atoms with Gasteiger partial charge in [-0.05, 0) is 43.7 Å². The van der Waals surface area contributed by atoms with E-state index in [4.69, 9.17) is 10.2 Å². The summed E-state index contributed by atoms with van der Waals surface area (Å²) >= 11 is 0. The quantitative estimate of drug-likeness (QED) is 0.340. The van der Waals surface area contributed by atoms with Gasteiger partial charge in [0.2, 0.25) is 0 Å². The molecule has 0 radical (unpaired) electrons. The lowest BCUT2D eigenvalue weighted by Gasteiger charge is -2.28. The van der Waals surface area contributed by atoms with E-state index in [0.717, 1.165) is 19.0 Å². The topological polar surface area (TPSA) is 92.6 Å². The van der Waals surface area contributed by atoms with Gasteiger partial charge in [-0.25, -0.2) is 4.99 Å². The number of carbonyl (C=O) groups is 1. The van der Waals surface area contributed by atoms with Crippen molar-refractivity contribution in [3.63, 3.8) is 0 Å². The zero-order chi connectivity index (χ0) is 16.7. The lowest BCUT2D eigenvalue weighted by molar-refractivity contribution is 0.0972. The third kappa shape index (κ3) is 5.68. The molecule has 2 rings (SSSR count). The van der Waals surface area contributed by atoms with Crippen molar-refractivity contribution in [2.24, 2.45) is 16.1 Å². The maximum Gasteiger partial charge on any atom is 0.284 e. The fraction of sp³-hybridized carbons (Fsp3) is 0.647. The predicted molar refractivity (Wildman–Crippen MR) is 107 cm³/mol. The monoisotopic (exact) mass is 448 g/mol. The molecule has 0 spiro atoms. The van der Waals surface area contributed by atoms with Crippen molar-refractivity contribution >= 4 is 35.8 Å². The van der Waals surface area contributed by atoms with E-state index >= 15 is 0 Å². The first-order valence-corrected chi connectivity index (χ1v) is 8.49. The van der Waals surface area contributed by atoms with Gasteiger partial charge >= 0.3 is 0 Å². The van der Waals surface area contributed by atoms with Crippen LogP contribution in [0.1, 0.15) is 62.3 Å². The van der Waals surface area contributed by atoms with E-state index in [1.165, 1.54) is 32.1 Å². The number of guanidine groups is 1. The molecule has 24 heavy (non-hydrogen) atoms. The zero-order valence-electron chi connectivity index (χ0n) is 14.6. The largest absolute Gasteiger partial charge is 0.454 e. The third-order valence-electron chi connectivity index (χ3n) is 4.69. The molecule has 0 unspecified atom stereocenters. The number of nitrogens with zero attached hydrogens (tertiary/aromatic N) is 1. The highest BCUT2D eigenvalue weighted by Crippen LogP contribution is 2.40. The van der Waals surface area contributed by atoms with Crippen LogP contribution in [0.3, 0.4) is 0 Å². The molecule has 1 aliphatic rings. The molecule has 1 saturated carbocycles. The fourth-order valence-corrected chi connectivity index (χ4v) is 3.15. The van der Waals surface area contributed by atoms with Gasteiger partial charge in [-0.1, -0.05) is 19.8 Å². The molecule has 6 nitrogen and oxygen atoms in total. The number of amides is 1. The minimum absolute atomic E-state index is 0. The predicted octanol–water partition coefficient (Wildman–Crippen LogP) is 3.02. The number of halogens is 1. The molecule has 7 heteroatoms. The van der Waals surface area contributed by atoms with Gasteiger partial charge in [0.25, 0.3) is 5.91 Å². The zero-order valence-corrected chi connectivity index (χ0v) is 16.9. The summed E-state index contributed by atoms with van der Waals surface area (Å²) < 4.78 is 5.36. The van der Waals surface area contributed by atoms with E-state index in [2.05, 4.69) is 22.5 Å². The highest BCUT2D eigenvalue weighted by Gasteiger charge is 2.31. The first kappa shape index (κ1) is 20.8. The van der Waals surface area contributed by atoms with Gasteiger partial charge in [-0.3, -0.25) is 4.79 Å². The molecule has 1 heterocycles. The van der Waals surface area contributed by atoms with Crippen molar-refractivity contribution in [1.82, 2.24) is 10.6 Å². The smallest absolute Gasteiger partial charge is 0.284 e. The second kappa shape index (κ2) is 9.90. The molecular weight excluding hydrogens is 419 g/mol. The molecule has 4 N–H and O–H groups in total. The Morgan fingerprint density at radius 3 is 2.54 bits per heavy atom.